The molecule has 1 unspecified atom stereocenters. The van der Waals surface area contributed by atoms with Gasteiger partial charge in [-0.05, 0) is 38.4 Å². The summed E-state index contributed by atoms with van der Waals surface area (Å²) in [5.74, 6) is 0. The third-order valence-electron chi connectivity index (χ3n) is 4.45. The van der Waals surface area contributed by atoms with E-state index in [1.165, 1.54) is 30.6 Å². The van der Waals surface area contributed by atoms with Crippen LogP contribution in [0.5, 0.6) is 0 Å². The van der Waals surface area contributed by atoms with Crippen LogP contribution in [0.25, 0.3) is 0 Å². The van der Waals surface area contributed by atoms with Crippen LogP contribution in [0.15, 0.2) is 17.5 Å². The standard InChI is InChI=1S/C16H28N2O2S/c1-18(2)16(7-3-4-8-16)13-17-10-14(19)11-20-12-15-6-5-9-21-15/h5-6,9,14,17,19H,3-4,7-8,10-13H2,1-2H3. The first kappa shape index (κ1) is 16.9. The number of nitrogens with zero attached hydrogens (tertiary/aromatic N) is 1. The molecule has 120 valence electrons. The lowest BCUT2D eigenvalue weighted by atomic mass is 9.96. The molecule has 1 aliphatic rings. The van der Waals surface area contributed by atoms with E-state index >= 15 is 0 Å². The van der Waals surface area contributed by atoms with E-state index in [9.17, 15) is 5.11 Å². The maximum absolute atomic E-state index is 9.98. The van der Waals surface area contributed by atoms with E-state index in [4.69, 9.17) is 4.74 Å². The third kappa shape index (κ3) is 5.04. The zero-order chi connectivity index (χ0) is 15.1. The van der Waals surface area contributed by atoms with Gasteiger partial charge in [0.05, 0.1) is 19.3 Å². The topological polar surface area (TPSA) is 44.7 Å². The maximum Gasteiger partial charge on any atom is 0.0897 e. The molecule has 1 heterocycles. The molecule has 1 aliphatic carbocycles. The number of hydrogen-bond donors (Lipinski definition) is 2. The predicted octanol–water partition coefficient (Wildman–Crippen LogP) is 2.09. The Labute approximate surface area is 132 Å². The molecule has 1 aromatic heterocycles. The molecule has 0 aliphatic heterocycles. The van der Waals surface area contributed by atoms with Crippen molar-refractivity contribution in [2.45, 2.75) is 43.9 Å². The molecule has 4 nitrogen and oxygen atoms in total. The Bertz CT molecular complexity index is 389. The molecule has 1 fully saturated rings. The first-order chi connectivity index (χ1) is 10.1. The highest BCUT2D eigenvalue weighted by atomic mass is 32.1. The molecule has 0 radical (unpaired) electrons. The lowest BCUT2D eigenvalue weighted by Gasteiger charge is -2.37. The van der Waals surface area contributed by atoms with Gasteiger partial charge in [0.2, 0.25) is 0 Å². The van der Waals surface area contributed by atoms with Crippen molar-refractivity contribution in [2.75, 3.05) is 33.8 Å². The zero-order valence-electron chi connectivity index (χ0n) is 13.2. The average molecular weight is 312 g/mol. The third-order valence-corrected chi connectivity index (χ3v) is 5.30. The van der Waals surface area contributed by atoms with E-state index in [1.807, 2.05) is 11.4 Å². The van der Waals surface area contributed by atoms with Crippen LogP contribution in [0, 0.1) is 0 Å². The van der Waals surface area contributed by atoms with E-state index in [0.29, 0.717) is 19.8 Å². The quantitative estimate of drug-likeness (QED) is 0.733. The molecule has 0 bridgehead atoms. The second-order valence-corrected chi connectivity index (χ2v) is 7.24. The van der Waals surface area contributed by atoms with Crippen LogP contribution < -0.4 is 5.32 Å². The van der Waals surface area contributed by atoms with Gasteiger partial charge in [-0.3, -0.25) is 0 Å². The second-order valence-electron chi connectivity index (χ2n) is 6.21. The minimum atomic E-state index is -0.439. The van der Waals surface area contributed by atoms with Gasteiger partial charge in [0, 0.05) is 23.5 Å². The van der Waals surface area contributed by atoms with E-state index in [0.717, 1.165) is 6.54 Å². The highest BCUT2D eigenvalue weighted by Crippen LogP contribution is 2.32. The maximum atomic E-state index is 9.98. The molecule has 0 amide bonds. The smallest absolute Gasteiger partial charge is 0.0897 e. The van der Waals surface area contributed by atoms with Crippen molar-refractivity contribution in [3.63, 3.8) is 0 Å². The van der Waals surface area contributed by atoms with E-state index in [2.05, 4.69) is 30.4 Å². The summed E-state index contributed by atoms with van der Waals surface area (Å²) >= 11 is 1.68. The van der Waals surface area contributed by atoms with Gasteiger partial charge in [-0.1, -0.05) is 18.9 Å². The molecule has 1 atom stereocenters. The lowest BCUT2D eigenvalue weighted by Crippen LogP contribution is -2.50. The van der Waals surface area contributed by atoms with Gasteiger partial charge in [-0.15, -0.1) is 11.3 Å². The van der Waals surface area contributed by atoms with Crippen molar-refractivity contribution in [3.8, 4) is 0 Å². The molecule has 2 N–H and O–H groups in total. The Balaban J connectivity index is 1.61. The van der Waals surface area contributed by atoms with Gasteiger partial charge in [-0.25, -0.2) is 0 Å². The summed E-state index contributed by atoms with van der Waals surface area (Å²) in [6.45, 7) is 2.53. The van der Waals surface area contributed by atoms with Crippen LogP contribution in [0.1, 0.15) is 30.6 Å². The summed E-state index contributed by atoms with van der Waals surface area (Å²) in [5, 5.41) is 15.4. The lowest BCUT2D eigenvalue weighted by molar-refractivity contribution is 0.0276. The van der Waals surface area contributed by atoms with E-state index in [1.54, 1.807) is 11.3 Å². The first-order valence-corrected chi connectivity index (χ1v) is 8.67. The fraction of sp³-hybridized carbons (Fsp3) is 0.750. The summed E-state index contributed by atoms with van der Waals surface area (Å²) in [5.41, 5.74) is 0.275. The van der Waals surface area contributed by atoms with Crippen LogP contribution in [-0.4, -0.2) is 55.4 Å². The van der Waals surface area contributed by atoms with E-state index in [-0.39, 0.29) is 5.54 Å². The highest BCUT2D eigenvalue weighted by molar-refractivity contribution is 7.09. The van der Waals surface area contributed by atoms with Gasteiger partial charge in [0.1, 0.15) is 0 Å². The minimum Gasteiger partial charge on any atom is -0.389 e. The number of likely N-dealkylation sites (N-methyl/N-ethyl adjacent to an activating group) is 1. The van der Waals surface area contributed by atoms with Crippen LogP contribution in [0.2, 0.25) is 0 Å². The molecule has 5 heteroatoms. The van der Waals surface area contributed by atoms with Crippen molar-refractivity contribution in [1.82, 2.24) is 10.2 Å². The predicted molar refractivity (Wildman–Crippen MR) is 87.7 cm³/mol. The van der Waals surface area contributed by atoms with Crippen molar-refractivity contribution in [3.05, 3.63) is 22.4 Å². The number of rotatable bonds is 9. The Morgan fingerprint density at radius 2 is 2.19 bits per heavy atom. The fourth-order valence-corrected chi connectivity index (χ4v) is 3.68. The largest absolute Gasteiger partial charge is 0.389 e. The zero-order valence-corrected chi connectivity index (χ0v) is 14.0. The van der Waals surface area contributed by atoms with Crippen LogP contribution in [-0.2, 0) is 11.3 Å². The molecule has 0 aromatic carbocycles. The Hall–Kier alpha value is -0.460. The van der Waals surface area contributed by atoms with Gasteiger partial charge in [-0.2, -0.15) is 0 Å². The summed E-state index contributed by atoms with van der Waals surface area (Å²) in [4.78, 5) is 3.54. The first-order valence-electron chi connectivity index (χ1n) is 7.79. The molecule has 1 aromatic rings. The molecule has 2 rings (SSSR count). The van der Waals surface area contributed by atoms with Gasteiger partial charge < -0.3 is 20.1 Å². The van der Waals surface area contributed by atoms with Crippen LogP contribution in [0.4, 0.5) is 0 Å². The van der Waals surface area contributed by atoms with Crippen LogP contribution >= 0.6 is 11.3 Å². The van der Waals surface area contributed by atoms with Crippen molar-refractivity contribution < 1.29 is 9.84 Å². The number of aliphatic hydroxyl groups excluding tert-OH is 1. The number of hydrogen-bond acceptors (Lipinski definition) is 5. The number of thiophene rings is 1. The highest BCUT2D eigenvalue weighted by Gasteiger charge is 2.35. The van der Waals surface area contributed by atoms with Gasteiger partial charge in [0.25, 0.3) is 0 Å². The van der Waals surface area contributed by atoms with Crippen molar-refractivity contribution in [2.24, 2.45) is 0 Å². The second kappa shape index (κ2) is 8.25. The van der Waals surface area contributed by atoms with Crippen molar-refractivity contribution >= 4 is 11.3 Å². The van der Waals surface area contributed by atoms with Gasteiger partial charge >= 0.3 is 0 Å². The Morgan fingerprint density at radius 1 is 1.43 bits per heavy atom. The Morgan fingerprint density at radius 3 is 2.81 bits per heavy atom. The SMILES string of the molecule is CN(C)C1(CNCC(O)COCc2cccs2)CCCC1. The monoisotopic (exact) mass is 312 g/mol. The van der Waals surface area contributed by atoms with Gasteiger partial charge in [0.15, 0.2) is 0 Å². The Kier molecular flexibility index (Phi) is 6.64. The average Bonchev–Trinajstić information content (AvgIpc) is 3.10. The van der Waals surface area contributed by atoms with E-state index < -0.39 is 6.10 Å². The normalized spacial score (nSPS) is 19.2. The molecule has 0 saturated heterocycles. The van der Waals surface area contributed by atoms with Crippen LogP contribution in [0.3, 0.4) is 0 Å². The molecule has 21 heavy (non-hydrogen) atoms. The molecule has 1 saturated carbocycles. The molecule has 0 spiro atoms. The summed E-state index contributed by atoms with van der Waals surface area (Å²) in [6, 6.07) is 4.07. The molecular formula is C16H28N2O2S. The summed E-state index contributed by atoms with van der Waals surface area (Å²) < 4.78 is 5.54. The fourth-order valence-electron chi connectivity index (χ4n) is 3.04. The molecular weight excluding hydrogens is 284 g/mol. The summed E-state index contributed by atoms with van der Waals surface area (Å²) in [7, 11) is 4.32. The van der Waals surface area contributed by atoms with Crippen molar-refractivity contribution in [1.29, 1.82) is 0 Å². The minimum absolute atomic E-state index is 0.275. The number of aliphatic hydroxyl groups is 1. The number of ether oxygens (including phenoxy) is 1. The number of nitrogens with one attached hydrogen (secondary N) is 1. The summed E-state index contributed by atoms with van der Waals surface area (Å²) in [6.07, 6.45) is 4.68.